The van der Waals surface area contributed by atoms with E-state index in [-0.39, 0.29) is 23.1 Å². The maximum absolute atomic E-state index is 13.3. The number of hydrogen-bond donors (Lipinski definition) is 0. The number of thioether (sulfide) groups is 1. The molecule has 1 atom stereocenters. The Morgan fingerprint density at radius 2 is 2.38 bits per heavy atom. The summed E-state index contributed by atoms with van der Waals surface area (Å²) in [6, 6.07) is 0.837. The Kier molecular flexibility index (Phi) is 4.79. The number of carbonyl (C=O) groups is 1. The number of nitro groups is 1. The van der Waals surface area contributed by atoms with E-state index in [1.54, 1.807) is 6.92 Å². The van der Waals surface area contributed by atoms with Crippen LogP contribution >= 0.6 is 23.4 Å². The molecule has 0 aromatic heterocycles. The molecular weight excluding hydrogens is 323 g/mol. The molecule has 0 fully saturated rings. The van der Waals surface area contributed by atoms with Crippen molar-refractivity contribution in [2.75, 3.05) is 12.4 Å². The topological polar surface area (TPSA) is 81.8 Å². The van der Waals surface area contributed by atoms with Crippen molar-refractivity contribution >= 4 is 40.7 Å². The molecule has 1 aromatic rings. The van der Waals surface area contributed by atoms with Crippen LogP contribution in [0.2, 0.25) is 5.02 Å². The highest BCUT2D eigenvalue weighted by Gasteiger charge is 2.38. The van der Waals surface area contributed by atoms with Gasteiger partial charge in [0.1, 0.15) is 11.5 Å². The third kappa shape index (κ3) is 3.33. The zero-order chi connectivity index (χ0) is 15.6. The second-order valence-corrected chi connectivity index (χ2v) is 5.49. The SMILES string of the molecule is CCOC(=O)C(C1=Nc2cc(Cl)c(F)cc2SC1)[N+](=O)[O-]. The van der Waals surface area contributed by atoms with Crippen molar-refractivity contribution in [2.24, 2.45) is 4.99 Å². The molecule has 0 saturated heterocycles. The molecule has 0 saturated carbocycles. The lowest BCUT2D eigenvalue weighted by Gasteiger charge is -2.17. The van der Waals surface area contributed by atoms with Gasteiger partial charge in [-0.2, -0.15) is 0 Å². The monoisotopic (exact) mass is 332 g/mol. The molecule has 1 aliphatic heterocycles. The van der Waals surface area contributed by atoms with E-state index < -0.39 is 22.8 Å². The van der Waals surface area contributed by atoms with Gasteiger partial charge in [-0.05, 0) is 19.1 Å². The predicted octanol–water partition coefficient (Wildman–Crippen LogP) is 2.87. The largest absolute Gasteiger partial charge is 0.461 e. The number of ether oxygens (including phenoxy) is 1. The van der Waals surface area contributed by atoms with Crippen LogP contribution in [0, 0.1) is 15.9 Å². The number of aliphatic imine (C=N–C) groups is 1. The minimum Gasteiger partial charge on any atom is -0.461 e. The Morgan fingerprint density at radius 1 is 1.67 bits per heavy atom. The van der Waals surface area contributed by atoms with Crippen molar-refractivity contribution in [2.45, 2.75) is 17.9 Å². The van der Waals surface area contributed by atoms with Gasteiger partial charge in [-0.25, -0.2) is 14.2 Å². The maximum atomic E-state index is 13.3. The number of nitrogens with zero attached hydrogens (tertiary/aromatic N) is 2. The Balaban J connectivity index is 2.39. The first-order valence-corrected chi connectivity index (χ1v) is 7.29. The van der Waals surface area contributed by atoms with Crippen LogP contribution in [-0.4, -0.2) is 35.0 Å². The Bertz CT molecular complexity index is 638. The van der Waals surface area contributed by atoms with E-state index in [2.05, 4.69) is 4.99 Å². The maximum Gasteiger partial charge on any atom is 0.388 e. The number of benzene rings is 1. The highest BCUT2D eigenvalue weighted by molar-refractivity contribution is 8.00. The summed E-state index contributed by atoms with van der Waals surface area (Å²) in [6.45, 7) is 1.60. The van der Waals surface area contributed by atoms with Crippen LogP contribution in [0.5, 0.6) is 0 Å². The smallest absolute Gasteiger partial charge is 0.388 e. The van der Waals surface area contributed by atoms with Gasteiger partial charge in [0.2, 0.25) is 0 Å². The molecule has 0 N–H and O–H groups in total. The summed E-state index contributed by atoms with van der Waals surface area (Å²) in [5.41, 5.74) is 0.363. The molecule has 1 aromatic carbocycles. The lowest BCUT2D eigenvalue weighted by molar-refractivity contribution is -0.492. The van der Waals surface area contributed by atoms with Gasteiger partial charge in [-0.1, -0.05) is 11.6 Å². The summed E-state index contributed by atoms with van der Waals surface area (Å²) in [5, 5.41) is 10.9. The van der Waals surface area contributed by atoms with Crippen molar-refractivity contribution in [3.8, 4) is 0 Å². The molecule has 0 bridgehead atoms. The first-order chi connectivity index (χ1) is 9.93. The van der Waals surface area contributed by atoms with Crippen molar-refractivity contribution in [1.82, 2.24) is 0 Å². The Morgan fingerprint density at radius 3 is 3.00 bits per heavy atom. The summed E-state index contributed by atoms with van der Waals surface area (Å²) in [7, 11) is 0. The van der Waals surface area contributed by atoms with E-state index in [0.29, 0.717) is 10.6 Å². The Hall–Kier alpha value is -1.67. The fourth-order valence-electron chi connectivity index (χ4n) is 1.76. The molecule has 112 valence electrons. The fourth-order valence-corrected chi connectivity index (χ4v) is 2.89. The van der Waals surface area contributed by atoms with Gasteiger partial charge in [0.25, 0.3) is 0 Å². The van der Waals surface area contributed by atoms with Crippen molar-refractivity contribution < 1.29 is 18.8 Å². The van der Waals surface area contributed by atoms with E-state index in [1.165, 1.54) is 12.1 Å². The van der Waals surface area contributed by atoms with Gasteiger partial charge >= 0.3 is 12.0 Å². The molecule has 2 rings (SSSR count). The molecular formula is C12H10ClFN2O4S. The molecule has 0 aliphatic carbocycles. The van der Waals surface area contributed by atoms with Crippen LogP contribution in [0.25, 0.3) is 0 Å². The summed E-state index contributed by atoms with van der Waals surface area (Å²) in [5.74, 6) is -1.44. The second-order valence-electron chi connectivity index (χ2n) is 4.07. The first kappa shape index (κ1) is 15.7. The average molecular weight is 333 g/mol. The molecule has 0 amide bonds. The van der Waals surface area contributed by atoms with Crippen molar-refractivity contribution in [1.29, 1.82) is 0 Å². The highest BCUT2D eigenvalue weighted by atomic mass is 35.5. The predicted molar refractivity (Wildman–Crippen MR) is 76.6 cm³/mol. The van der Waals surface area contributed by atoms with Crippen LogP contribution in [0.3, 0.4) is 0 Å². The quantitative estimate of drug-likeness (QED) is 0.481. The molecule has 21 heavy (non-hydrogen) atoms. The normalized spacial score (nSPS) is 14.9. The minimum absolute atomic E-state index is 0.0389. The van der Waals surface area contributed by atoms with Gasteiger partial charge in [-0.15, -0.1) is 11.8 Å². The fraction of sp³-hybridized carbons (Fsp3) is 0.333. The second kappa shape index (κ2) is 6.40. The number of esters is 1. The minimum atomic E-state index is -1.66. The van der Waals surface area contributed by atoms with Gasteiger partial charge in [-0.3, -0.25) is 10.1 Å². The third-order valence-electron chi connectivity index (χ3n) is 2.68. The number of rotatable bonds is 4. The standard InChI is InChI=1S/C12H10ClFN2O4S/c1-2-20-12(17)11(16(18)19)9-5-21-10-4-7(14)6(13)3-8(10)15-9/h3-4,11H,2,5H2,1H3. The van der Waals surface area contributed by atoms with Crippen molar-refractivity contribution in [3.63, 3.8) is 0 Å². The zero-order valence-electron chi connectivity index (χ0n) is 10.8. The summed E-state index contributed by atoms with van der Waals surface area (Å²) in [6.07, 6.45) is 0. The third-order valence-corrected chi connectivity index (χ3v) is 4.05. The highest BCUT2D eigenvalue weighted by Crippen LogP contribution is 2.37. The summed E-state index contributed by atoms with van der Waals surface area (Å²) < 4.78 is 18.0. The van der Waals surface area contributed by atoms with E-state index in [4.69, 9.17) is 16.3 Å². The van der Waals surface area contributed by atoms with Crippen molar-refractivity contribution in [3.05, 3.63) is 33.1 Å². The molecule has 0 radical (unpaired) electrons. The lowest BCUT2D eigenvalue weighted by atomic mass is 10.2. The van der Waals surface area contributed by atoms with E-state index in [9.17, 15) is 19.3 Å². The summed E-state index contributed by atoms with van der Waals surface area (Å²) in [4.78, 5) is 26.6. The van der Waals surface area contributed by atoms with E-state index in [1.807, 2.05) is 0 Å². The number of halogens is 2. The molecule has 1 unspecified atom stereocenters. The van der Waals surface area contributed by atoms with Crippen LogP contribution in [0.1, 0.15) is 6.92 Å². The van der Waals surface area contributed by atoms with Crippen LogP contribution in [0.15, 0.2) is 22.0 Å². The van der Waals surface area contributed by atoms with Crippen LogP contribution in [0.4, 0.5) is 10.1 Å². The van der Waals surface area contributed by atoms with Gasteiger partial charge in [0.15, 0.2) is 0 Å². The average Bonchev–Trinajstić information content (AvgIpc) is 2.40. The van der Waals surface area contributed by atoms with Gasteiger partial charge in [0.05, 0.1) is 17.3 Å². The number of hydrogen-bond acceptors (Lipinski definition) is 6. The molecule has 6 nitrogen and oxygen atoms in total. The van der Waals surface area contributed by atoms with Gasteiger partial charge in [0, 0.05) is 15.6 Å². The molecule has 1 aliphatic rings. The molecule has 1 heterocycles. The number of fused-ring (bicyclic) bond motifs is 1. The first-order valence-electron chi connectivity index (χ1n) is 5.93. The van der Waals surface area contributed by atoms with Crippen LogP contribution < -0.4 is 0 Å². The van der Waals surface area contributed by atoms with E-state index >= 15 is 0 Å². The summed E-state index contributed by atoms with van der Waals surface area (Å²) >= 11 is 6.83. The van der Waals surface area contributed by atoms with Gasteiger partial charge < -0.3 is 4.74 Å². The van der Waals surface area contributed by atoms with E-state index in [0.717, 1.165) is 11.8 Å². The molecule has 0 spiro atoms. The molecule has 9 heteroatoms. The number of carbonyl (C=O) groups excluding carboxylic acids is 1. The Labute approximate surface area is 128 Å². The zero-order valence-corrected chi connectivity index (χ0v) is 12.4. The van der Waals surface area contributed by atoms with Crippen LogP contribution in [-0.2, 0) is 9.53 Å². The lowest BCUT2D eigenvalue weighted by Crippen LogP contribution is -2.40.